The van der Waals surface area contributed by atoms with Gasteiger partial charge in [-0.15, -0.1) is 0 Å². The van der Waals surface area contributed by atoms with E-state index in [1.54, 1.807) is 17.0 Å². The molecule has 2 aliphatic heterocycles. The third-order valence-electron chi connectivity index (χ3n) is 5.02. The molecule has 3 rings (SSSR count). The average molecular weight is 335 g/mol. The van der Waals surface area contributed by atoms with Crippen molar-refractivity contribution >= 4 is 11.7 Å². The van der Waals surface area contributed by atoms with Crippen LogP contribution in [0.3, 0.4) is 0 Å². The smallest absolute Gasteiger partial charge is 0.321 e. The van der Waals surface area contributed by atoms with E-state index < -0.39 is 0 Å². The number of likely N-dealkylation sites (N-methyl/N-ethyl adjacent to an activating group) is 1. The van der Waals surface area contributed by atoms with Gasteiger partial charge in [-0.2, -0.15) is 0 Å². The van der Waals surface area contributed by atoms with Crippen molar-refractivity contribution < 1.29 is 13.9 Å². The summed E-state index contributed by atoms with van der Waals surface area (Å²) < 4.78 is 19.9. The van der Waals surface area contributed by atoms with Crippen molar-refractivity contribution in [2.24, 2.45) is 0 Å². The Morgan fingerprint density at radius 1 is 1.38 bits per heavy atom. The third kappa shape index (κ3) is 3.54. The minimum atomic E-state index is -0.276. The molecule has 0 spiro atoms. The second kappa shape index (κ2) is 7.07. The molecule has 24 heavy (non-hydrogen) atoms. The Labute approximate surface area is 142 Å². The van der Waals surface area contributed by atoms with E-state index in [0.29, 0.717) is 24.3 Å². The second-order valence-electron chi connectivity index (χ2n) is 7.01. The van der Waals surface area contributed by atoms with Gasteiger partial charge >= 0.3 is 6.03 Å². The molecular formula is C18H26FN3O2. The van der Waals surface area contributed by atoms with Crippen LogP contribution in [0.1, 0.15) is 31.7 Å². The van der Waals surface area contributed by atoms with Crippen LogP contribution in [0.15, 0.2) is 18.2 Å². The lowest BCUT2D eigenvalue weighted by Gasteiger charge is -2.45. The number of halogens is 1. The molecule has 0 bridgehead atoms. The van der Waals surface area contributed by atoms with Crippen LogP contribution in [0, 0.1) is 5.82 Å². The number of carbonyl (C=O) groups is 1. The SMILES string of the molecule is CC(C)c1ccc(NC(=O)N2CCC3OCCN(C)C3C2)cc1F. The molecule has 2 saturated heterocycles. The number of nitrogens with one attached hydrogen (secondary N) is 1. The van der Waals surface area contributed by atoms with Gasteiger partial charge in [0.05, 0.1) is 18.8 Å². The van der Waals surface area contributed by atoms with Crippen molar-refractivity contribution in [3.8, 4) is 0 Å². The van der Waals surface area contributed by atoms with Crippen LogP contribution in [0.2, 0.25) is 0 Å². The maximum absolute atomic E-state index is 14.1. The summed E-state index contributed by atoms with van der Waals surface area (Å²) in [6.45, 7) is 6.84. The molecule has 0 aromatic heterocycles. The van der Waals surface area contributed by atoms with Gasteiger partial charge < -0.3 is 15.0 Å². The standard InChI is InChI=1S/C18H26FN3O2/c1-12(2)14-5-4-13(10-15(14)19)20-18(23)22-7-6-17-16(11-22)21(3)8-9-24-17/h4-5,10,12,16-17H,6-9,11H2,1-3H3,(H,20,23). The normalized spacial score (nSPS) is 24.8. The highest BCUT2D eigenvalue weighted by molar-refractivity contribution is 5.89. The lowest BCUT2D eigenvalue weighted by Crippen LogP contribution is -2.60. The molecule has 132 valence electrons. The number of nitrogens with zero attached hydrogens (tertiary/aromatic N) is 2. The van der Waals surface area contributed by atoms with Crippen molar-refractivity contribution in [1.29, 1.82) is 0 Å². The highest BCUT2D eigenvalue weighted by Gasteiger charge is 2.36. The number of rotatable bonds is 2. The van der Waals surface area contributed by atoms with Crippen molar-refractivity contribution in [3.63, 3.8) is 0 Å². The minimum Gasteiger partial charge on any atom is -0.375 e. The first-order chi connectivity index (χ1) is 11.5. The number of carbonyl (C=O) groups excluding carboxylic acids is 1. The Kier molecular flexibility index (Phi) is 5.06. The fourth-order valence-electron chi connectivity index (χ4n) is 3.50. The summed E-state index contributed by atoms with van der Waals surface area (Å²) in [6, 6.07) is 4.96. The number of morpholine rings is 1. The quantitative estimate of drug-likeness (QED) is 0.904. The molecule has 2 fully saturated rings. The molecule has 2 aliphatic rings. The molecule has 1 aromatic carbocycles. The Balaban J connectivity index is 1.64. The Morgan fingerprint density at radius 2 is 2.17 bits per heavy atom. The first kappa shape index (κ1) is 17.2. The summed E-state index contributed by atoms with van der Waals surface area (Å²) in [7, 11) is 2.07. The fourth-order valence-corrected chi connectivity index (χ4v) is 3.50. The van der Waals surface area contributed by atoms with E-state index in [1.807, 2.05) is 13.8 Å². The van der Waals surface area contributed by atoms with Gasteiger partial charge in [0.2, 0.25) is 0 Å². The van der Waals surface area contributed by atoms with E-state index in [2.05, 4.69) is 17.3 Å². The first-order valence-corrected chi connectivity index (χ1v) is 8.63. The lowest BCUT2D eigenvalue weighted by atomic mass is 9.99. The maximum Gasteiger partial charge on any atom is 0.321 e. The number of fused-ring (bicyclic) bond motifs is 1. The van der Waals surface area contributed by atoms with Gasteiger partial charge in [0.1, 0.15) is 5.82 Å². The number of benzene rings is 1. The fraction of sp³-hybridized carbons (Fsp3) is 0.611. The molecular weight excluding hydrogens is 309 g/mol. The molecule has 0 aliphatic carbocycles. The van der Waals surface area contributed by atoms with Crippen molar-refractivity contribution in [2.45, 2.75) is 38.3 Å². The van der Waals surface area contributed by atoms with Crippen LogP contribution in [-0.4, -0.2) is 61.3 Å². The van der Waals surface area contributed by atoms with E-state index in [4.69, 9.17) is 4.74 Å². The molecule has 2 heterocycles. The van der Waals surface area contributed by atoms with Gasteiger partial charge in [0, 0.05) is 25.3 Å². The van der Waals surface area contributed by atoms with Gasteiger partial charge in [0.25, 0.3) is 0 Å². The van der Waals surface area contributed by atoms with Gasteiger partial charge in [-0.25, -0.2) is 9.18 Å². The molecule has 1 N–H and O–H groups in total. The molecule has 2 unspecified atom stereocenters. The Morgan fingerprint density at radius 3 is 2.88 bits per heavy atom. The second-order valence-corrected chi connectivity index (χ2v) is 7.01. The maximum atomic E-state index is 14.1. The minimum absolute atomic E-state index is 0.121. The van der Waals surface area contributed by atoms with Gasteiger partial charge in [0.15, 0.2) is 0 Å². The van der Waals surface area contributed by atoms with Crippen LogP contribution in [0.25, 0.3) is 0 Å². The van der Waals surface area contributed by atoms with E-state index in [0.717, 1.165) is 19.6 Å². The number of urea groups is 1. The zero-order chi connectivity index (χ0) is 17.3. The number of likely N-dealkylation sites (tertiary alicyclic amines) is 1. The summed E-state index contributed by atoms with van der Waals surface area (Å²) >= 11 is 0. The number of piperidine rings is 1. The van der Waals surface area contributed by atoms with Crippen molar-refractivity contribution in [3.05, 3.63) is 29.6 Å². The molecule has 0 radical (unpaired) electrons. The molecule has 1 aromatic rings. The monoisotopic (exact) mass is 335 g/mol. The van der Waals surface area contributed by atoms with E-state index in [-0.39, 0.29) is 29.9 Å². The number of ether oxygens (including phenoxy) is 1. The molecule has 2 amide bonds. The van der Waals surface area contributed by atoms with Crippen LogP contribution in [0.4, 0.5) is 14.9 Å². The van der Waals surface area contributed by atoms with Crippen LogP contribution in [0.5, 0.6) is 0 Å². The summed E-state index contributed by atoms with van der Waals surface area (Å²) in [5.74, 6) is -0.155. The van der Waals surface area contributed by atoms with Gasteiger partial charge in [-0.3, -0.25) is 4.90 Å². The van der Waals surface area contributed by atoms with Crippen molar-refractivity contribution in [2.75, 3.05) is 38.6 Å². The zero-order valence-corrected chi connectivity index (χ0v) is 14.6. The molecule has 5 nitrogen and oxygen atoms in total. The predicted molar refractivity (Wildman–Crippen MR) is 91.9 cm³/mol. The average Bonchev–Trinajstić information content (AvgIpc) is 2.54. The topological polar surface area (TPSA) is 44.8 Å². The Hall–Kier alpha value is -1.66. The van der Waals surface area contributed by atoms with E-state index in [1.165, 1.54) is 6.07 Å². The number of amides is 2. The van der Waals surface area contributed by atoms with Crippen molar-refractivity contribution in [1.82, 2.24) is 9.80 Å². The zero-order valence-electron chi connectivity index (χ0n) is 14.6. The largest absolute Gasteiger partial charge is 0.375 e. The van der Waals surface area contributed by atoms with Crippen LogP contribution in [-0.2, 0) is 4.74 Å². The van der Waals surface area contributed by atoms with Gasteiger partial charge in [-0.1, -0.05) is 19.9 Å². The highest BCUT2D eigenvalue weighted by atomic mass is 19.1. The molecule has 6 heteroatoms. The lowest BCUT2D eigenvalue weighted by molar-refractivity contribution is -0.0875. The van der Waals surface area contributed by atoms with Crippen LogP contribution < -0.4 is 5.32 Å². The molecule has 0 saturated carbocycles. The van der Waals surface area contributed by atoms with E-state index >= 15 is 0 Å². The third-order valence-corrected chi connectivity index (χ3v) is 5.02. The number of hydrogen-bond donors (Lipinski definition) is 1. The molecule has 2 atom stereocenters. The highest BCUT2D eigenvalue weighted by Crippen LogP contribution is 2.24. The number of anilines is 1. The first-order valence-electron chi connectivity index (χ1n) is 8.63. The Bertz CT molecular complexity index is 608. The summed E-state index contributed by atoms with van der Waals surface area (Å²) in [4.78, 5) is 16.6. The summed E-state index contributed by atoms with van der Waals surface area (Å²) in [5.41, 5.74) is 1.16. The van der Waals surface area contributed by atoms with Gasteiger partial charge in [-0.05, 0) is 37.1 Å². The predicted octanol–water partition coefficient (Wildman–Crippen LogP) is 2.89. The summed E-state index contributed by atoms with van der Waals surface area (Å²) in [6.07, 6.45) is 1.04. The summed E-state index contributed by atoms with van der Waals surface area (Å²) in [5, 5.41) is 2.82. The van der Waals surface area contributed by atoms with Crippen LogP contribution >= 0.6 is 0 Å². The number of hydrogen-bond acceptors (Lipinski definition) is 3. The van der Waals surface area contributed by atoms with E-state index in [9.17, 15) is 9.18 Å².